The lowest BCUT2D eigenvalue weighted by Gasteiger charge is -1.87. The molecule has 0 spiro atoms. The minimum atomic E-state index is 1.05. The van der Waals surface area contributed by atoms with E-state index in [9.17, 15) is 0 Å². The summed E-state index contributed by atoms with van der Waals surface area (Å²) in [5.74, 6) is 0. The molecule has 0 unspecified atom stereocenters. The van der Waals surface area contributed by atoms with E-state index in [1.165, 1.54) is 5.56 Å². The maximum absolute atomic E-state index is 4.07. The van der Waals surface area contributed by atoms with Gasteiger partial charge < -0.3 is 0 Å². The number of aromatic nitrogens is 1. The molecule has 0 radical (unpaired) electrons. The van der Waals surface area contributed by atoms with Crippen molar-refractivity contribution in [2.75, 3.05) is 0 Å². The van der Waals surface area contributed by atoms with Gasteiger partial charge in [0.15, 0.2) is 0 Å². The largest absolute Gasteiger partial charge is 0.250 e. The van der Waals surface area contributed by atoms with Crippen molar-refractivity contribution in [1.29, 1.82) is 0 Å². The van der Waals surface area contributed by atoms with E-state index in [-0.39, 0.29) is 0 Å². The second-order valence-corrected chi connectivity index (χ2v) is 2.76. The summed E-state index contributed by atoms with van der Waals surface area (Å²) in [6, 6.07) is 4.05. The molecule has 0 saturated carbocycles. The van der Waals surface area contributed by atoms with Crippen LogP contribution < -0.4 is 0 Å². The van der Waals surface area contributed by atoms with Crippen molar-refractivity contribution in [2.24, 2.45) is 0 Å². The van der Waals surface area contributed by atoms with Crippen LogP contribution in [0.5, 0.6) is 0 Å². The van der Waals surface area contributed by atoms with Crippen LogP contribution >= 0.6 is 22.6 Å². The van der Waals surface area contributed by atoms with E-state index in [2.05, 4.69) is 33.6 Å². The molecule has 8 heavy (non-hydrogen) atoms. The van der Waals surface area contributed by atoms with Gasteiger partial charge in [-0.25, -0.2) is 0 Å². The summed E-state index contributed by atoms with van der Waals surface area (Å²) in [7, 11) is 0. The van der Waals surface area contributed by atoms with Crippen LogP contribution in [0.4, 0.5) is 0 Å². The van der Waals surface area contributed by atoms with Crippen LogP contribution in [-0.2, 0) is 0 Å². The minimum Gasteiger partial charge on any atom is -0.250 e. The molecular weight excluding hydrogens is 213 g/mol. The average molecular weight is 219 g/mol. The zero-order chi connectivity index (χ0) is 5.98. The molecule has 2 heteroatoms. The van der Waals surface area contributed by atoms with Gasteiger partial charge >= 0.3 is 0 Å². The van der Waals surface area contributed by atoms with Crippen LogP contribution in [0, 0.1) is 10.6 Å². The van der Waals surface area contributed by atoms with Gasteiger partial charge in [0.25, 0.3) is 0 Å². The minimum absolute atomic E-state index is 1.05. The number of hydrogen-bond donors (Lipinski definition) is 0. The Hall–Kier alpha value is -0.120. The molecule has 0 fully saturated rings. The van der Waals surface area contributed by atoms with Gasteiger partial charge in [-0.1, -0.05) is 6.07 Å². The summed E-state index contributed by atoms with van der Waals surface area (Å²) in [5, 5.41) is 0. The molecule has 0 aliphatic carbocycles. The molecule has 1 aromatic rings. The van der Waals surface area contributed by atoms with Crippen molar-refractivity contribution in [3.8, 4) is 0 Å². The van der Waals surface area contributed by atoms with E-state index in [4.69, 9.17) is 0 Å². The van der Waals surface area contributed by atoms with Gasteiger partial charge in [0.2, 0.25) is 0 Å². The molecule has 0 bridgehead atoms. The van der Waals surface area contributed by atoms with Crippen LogP contribution in [0.1, 0.15) is 5.56 Å². The second-order valence-electron chi connectivity index (χ2n) is 1.66. The van der Waals surface area contributed by atoms with Crippen LogP contribution in [-0.4, -0.2) is 4.98 Å². The normalized spacial score (nSPS) is 9.25. The molecule has 1 aromatic heterocycles. The third-order valence-electron chi connectivity index (χ3n) is 0.875. The Labute approximate surface area is 62.3 Å². The summed E-state index contributed by atoms with van der Waals surface area (Å²) in [5.41, 5.74) is 1.21. The summed E-state index contributed by atoms with van der Waals surface area (Å²) in [6.07, 6.45) is 1.86. The fourth-order valence-electron chi connectivity index (χ4n) is 0.450. The molecule has 0 amide bonds. The molecule has 0 atom stereocenters. The van der Waals surface area contributed by atoms with Crippen molar-refractivity contribution in [3.63, 3.8) is 0 Å². The van der Waals surface area contributed by atoms with E-state index >= 15 is 0 Å². The smallest absolute Gasteiger partial charge is 0.101 e. The number of nitrogens with zero attached hydrogens (tertiary/aromatic N) is 1. The second kappa shape index (κ2) is 2.44. The van der Waals surface area contributed by atoms with E-state index in [0.717, 1.165) is 3.70 Å². The fraction of sp³-hybridized carbons (Fsp3) is 0.167. The molecule has 0 saturated heterocycles. The van der Waals surface area contributed by atoms with Crippen LogP contribution in [0.3, 0.4) is 0 Å². The summed E-state index contributed by atoms with van der Waals surface area (Å²) < 4.78 is 1.05. The van der Waals surface area contributed by atoms with Crippen molar-refractivity contribution >= 4 is 22.6 Å². The topological polar surface area (TPSA) is 12.9 Å². The molecular formula is C6H6IN. The lowest BCUT2D eigenvalue weighted by atomic mass is 10.3. The fourth-order valence-corrected chi connectivity index (χ4v) is 0.769. The predicted octanol–water partition coefficient (Wildman–Crippen LogP) is 1.99. The van der Waals surface area contributed by atoms with Gasteiger partial charge in [-0.3, -0.25) is 4.98 Å². The number of hydrogen-bond acceptors (Lipinski definition) is 1. The van der Waals surface area contributed by atoms with Crippen molar-refractivity contribution in [2.45, 2.75) is 6.92 Å². The molecule has 42 valence electrons. The first-order chi connectivity index (χ1) is 3.79. The summed E-state index contributed by atoms with van der Waals surface area (Å²) in [6.45, 7) is 2.03. The summed E-state index contributed by atoms with van der Waals surface area (Å²) >= 11 is 2.19. The maximum atomic E-state index is 4.07. The zero-order valence-electron chi connectivity index (χ0n) is 4.56. The molecule has 0 aliphatic heterocycles. The predicted molar refractivity (Wildman–Crippen MR) is 41.7 cm³/mol. The van der Waals surface area contributed by atoms with Crippen LogP contribution in [0.15, 0.2) is 18.3 Å². The highest BCUT2D eigenvalue weighted by molar-refractivity contribution is 14.1. The van der Waals surface area contributed by atoms with Gasteiger partial charge in [-0.05, 0) is 41.1 Å². The van der Waals surface area contributed by atoms with Gasteiger partial charge in [-0.15, -0.1) is 0 Å². The SMILES string of the molecule is Cc1ccc(I)nc1. The van der Waals surface area contributed by atoms with E-state index in [0.29, 0.717) is 0 Å². The Morgan fingerprint density at radius 3 is 2.62 bits per heavy atom. The van der Waals surface area contributed by atoms with E-state index < -0.39 is 0 Å². The average Bonchev–Trinajstić information content (AvgIpc) is 1.77. The van der Waals surface area contributed by atoms with Gasteiger partial charge in [-0.2, -0.15) is 0 Å². The molecule has 0 aromatic carbocycles. The Morgan fingerprint density at radius 2 is 2.25 bits per heavy atom. The third-order valence-corrected chi connectivity index (χ3v) is 1.51. The zero-order valence-corrected chi connectivity index (χ0v) is 6.71. The summed E-state index contributed by atoms with van der Waals surface area (Å²) in [4.78, 5) is 4.07. The van der Waals surface area contributed by atoms with E-state index in [1.54, 1.807) is 0 Å². The molecule has 0 N–H and O–H groups in total. The molecule has 1 rings (SSSR count). The van der Waals surface area contributed by atoms with Crippen molar-refractivity contribution in [3.05, 3.63) is 27.6 Å². The van der Waals surface area contributed by atoms with E-state index in [1.807, 2.05) is 19.2 Å². The third kappa shape index (κ3) is 1.43. The lowest BCUT2D eigenvalue weighted by Crippen LogP contribution is -1.77. The first-order valence-electron chi connectivity index (χ1n) is 2.37. The van der Waals surface area contributed by atoms with Crippen molar-refractivity contribution in [1.82, 2.24) is 4.98 Å². The Balaban J connectivity index is 3.03. The molecule has 1 heterocycles. The molecule has 0 aliphatic rings. The monoisotopic (exact) mass is 219 g/mol. The number of aryl methyl sites for hydroxylation is 1. The number of rotatable bonds is 0. The first kappa shape index (κ1) is 6.01. The Kier molecular flexibility index (Phi) is 1.83. The highest BCUT2D eigenvalue weighted by Gasteiger charge is 1.82. The quantitative estimate of drug-likeness (QED) is 0.480. The lowest BCUT2D eigenvalue weighted by molar-refractivity contribution is 1.23. The standard InChI is InChI=1S/C6H6IN/c1-5-2-3-6(7)8-4-5/h2-4H,1H3. The van der Waals surface area contributed by atoms with Crippen molar-refractivity contribution < 1.29 is 0 Å². The van der Waals surface area contributed by atoms with Crippen LogP contribution in [0.25, 0.3) is 0 Å². The Bertz CT molecular complexity index is 147. The molecule has 1 nitrogen and oxygen atoms in total. The van der Waals surface area contributed by atoms with Gasteiger partial charge in [0, 0.05) is 6.20 Å². The van der Waals surface area contributed by atoms with Gasteiger partial charge in [0.1, 0.15) is 3.70 Å². The highest BCUT2D eigenvalue weighted by atomic mass is 127. The number of halogens is 1. The van der Waals surface area contributed by atoms with Gasteiger partial charge in [0.05, 0.1) is 0 Å². The number of pyridine rings is 1. The Morgan fingerprint density at radius 1 is 1.50 bits per heavy atom. The first-order valence-corrected chi connectivity index (χ1v) is 3.45. The van der Waals surface area contributed by atoms with Crippen LogP contribution in [0.2, 0.25) is 0 Å². The highest BCUT2D eigenvalue weighted by Crippen LogP contribution is 1.99. The maximum Gasteiger partial charge on any atom is 0.101 e.